The van der Waals surface area contributed by atoms with Gasteiger partial charge >= 0.3 is 0 Å². The Balaban J connectivity index is 2.17. The summed E-state index contributed by atoms with van der Waals surface area (Å²) in [5.41, 5.74) is -0.230. The van der Waals surface area contributed by atoms with Crippen LogP contribution in [0.15, 0.2) is 12.4 Å². The third kappa shape index (κ3) is 3.20. The van der Waals surface area contributed by atoms with Gasteiger partial charge < -0.3 is 4.57 Å². The van der Waals surface area contributed by atoms with Crippen molar-refractivity contribution < 1.29 is 4.79 Å². The summed E-state index contributed by atoms with van der Waals surface area (Å²) in [6, 6.07) is 0. The second-order valence-electron chi connectivity index (χ2n) is 6.05. The van der Waals surface area contributed by atoms with E-state index in [4.69, 9.17) is 0 Å². The van der Waals surface area contributed by atoms with E-state index < -0.39 is 0 Å². The molecule has 0 bridgehead atoms. The summed E-state index contributed by atoms with van der Waals surface area (Å²) >= 11 is 0. The van der Waals surface area contributed by atoms with Crippen molar-refractivity contribution in [3.63, 3.8) is 0 Å². The topological polar surface area (TPSA) is 38.1 Å². The molecule has 1 fully saturated rings. The van der Waals surface area contributed by atoms with Crippen molar-refractivity contribution in [2.24, 2.45) is 0 Å². The zero-order valence-corrected chi connectivity index (χ0v) is 13.8. The number of aromatic nitrogens is 2. The maximum Gasteiger partial charge on any atom is 0.160 e. The quantitative estimate of drug-likeness (QED) is 0.739. The summed E-state index contributed by atoms with van der Waals surface area (Å²) in [6.45, 7) is 9.32. The van der Waals surface area contributed by atoms with E-state index in [2.05, 4.69) is 35.2 Å². The number of aryl methyl sites for hydroxylation is 1. The van der Waals surface area contributed by atoms with E-state index in [1.807, 2.05) is 12.4 Å². The van der Waals surface area contributed by atoms with Gasteiger partial charge in [-0.25, -0.2) is 4.98 Å². The smallest absolute Gasteiger partial charge is 0.160 e. The third-order valence-corrected chi connectivity index (χ3v) is 4.90. The fourth-order valence-electron chi connectivity index (χ4n) is 3.82. The molecule has 118 valence electrons. The van der Waals surface area contributed by atoms with E-state index in [1.165, 1.54) is 12.8 Å². The number of ketones is 1. The lowest BCUT2D eigenvalue weighted by molar-refractivity contribution is -0.130. The molecular weight excluding hydrogens is 262 g/mol. The number of rotatable bonds is 8. The van der Waals surface area contributed by atoms with Crippen LogP contribution >= 0.6 is 0 Å². The van der Waals surface area contributed by atoms with Crippen LogP contribution in [0.25, 0.3) is 0 Å². The van der Waals surface area contributed by atoms with Crippen LogP contribution in [-0.2, 0) is 17.8 Å². The first-order chi connectivity index (χ1) is 10.2. The van der Waals surface area contributed by atoms with E-state index in [0.717, 1.165) is 44.7 Å². The van der Waals surface area contributed by atoms with Gasteiger partial charge in [0.15, 0.2) is 5.78 Å². The lowest BCUT2D eigenvalue weighted by Crippen LogP contribution is -2.53. The Bertz CT molecular complexity index is 456. The number of likely N-dealkylation sites (N-methyl/N-ethyl adjacent to an activating group) is 1. The summed E-state index contributed by atoms with van der Waals surface area (Å²) in [6.07, 6.45) is 9.73. The van der Waals surface area contributed by atoms with E-state index in [-0.39, 0.29) is 5.54 Å². The third-order valence-electron chi connectivity index (χ3n) is 4.90. The average molecular weight is 291 g/mol. The highest BCUT2D eigenvalue weighted by atomic mass is 16.1. The van der Waals surface area contributed by atoms with Crippen LogP contribution < -0.4 is 0 Å². The fourth-order valence-corrected chi connectivity index (χ4v) is 3.82. The number of carbonyl (C=O) groups is 1. The molecule has 2 rings (SSSR count). The van der Waals surface area contributed by atoms with Crippen LogP contribution in [0.1, 0.15) is 58.7 Å². The Hall–Kier alpha value is -1.16. The first kappa shape index (κ1) is 16.2. The monoisotopic (exact) mass is 291 g/mol. The summed E-state index contributed by atoms with van der Waals surface area (Å²) < 4.78 is 2.13. The number of Topliss-reactive ketones (excluding diaryl/α,β-unsaturated/α-hetero) is 1. The van der Waals surface area contributed by atoms with E-state index >= 15 is 0 Å². The normalized spacial score (nSPS) is 17.5. The molecule has 1 aromatic heterocycles. The highest BCUT2D eigenvalue weighted by Crippen LogP contribution is 2.36. The van der Waals surface area contributed by atoms with Gasteiger partial charge in [0, 0.05) is 18.9 Å². The van der Waals surface area contributed by atoms with Crippen molar-refractivity contribution in [1.82, 2.24) is 14.5 Å². The van der Waals surface area contributed by atoms with Crippen LogP contribution in [0.3, 0.4) is 0 Å². The Labute approximate surface area is 128 Å². The molecule has 4 heteroatoms. The van der Waals surface area contributed by atoms with Gasteiger partial charge in [0.1, 0.15) is 5.82 Å². The van der Waals surface area contributed by atoms with Gasteiger partial charge in [-0.2, -0.15) is 0 Å². The Morgan fingerprint density at radius 1 is 1.29 bits per heavy atom. The summed E-state index contributed by atoms with van der Waals surface area (Å²) in [7, 11) is 0. The molecule has 4 nitrogen and oxygen atoms in total. The van der Waals surface area contributed by atoms with Gasteiger partial charge in [0.25, 0.3) is 0 Å². The summed E-state index contributed by atoms with van der Waals surface area (Å²) in [5, 5.41) is 0. The maximum atomic E-state index is 13.1. The maximum absolute atomic E-state index is 13.1. The second-order valence-corrected chi connectivity index (χ2v) is 6.05. The second kappa shape index (κ2) is 7.21. The number of hydrogen-bond donors (Lipinski definition) is 0. The zero-order valence-electron chi connectivity index (χ0n) is 13.8. The Morgan fingerprint density at radius 3 is 2.52 bits per heavy atom. The van der Waals surface area contributed by atoms with Crippen LogP contribution in [-0.4, -0.2) is 38.9 Å². The number of hydrogen-bond acceptors (Lipinski definition) is 3. The van der Waals surface area contributed by atoms with Crippen LogP contribution in [0.5, 0.6) is 0 Å². The molecule has 0 spiro atoms. The fraction of sp³-hybridized carbons (Fsp3) is 0.765. The van der Waals surface area contributed by atoms with Crippen molar-refractivity contribution in [3.05, 3.63) is 18.2 Å². The molecule has 1 aromatic rings. The van der Waals surface area contributed by atoms with Gasteiger partial charge in [0.05, 0.1) is 12.0 Å². The minimum absolute atomic E-state index is 0.230. The van der Waals surface area contributed by atoms with Crippen molar-refractivity contribution in [2.45, 2.75) is 71.4 Å². The first-order valence-corrected chi connectivity index (χ1v) is 8.46. The summed E-state index contributed by atoms with van der Waals surface area (Å²) in [4.78, 5) is 19.8. The molecule has 1 heterocycles. The van der Waals surface area contributed by atoms with E-state index in [0.29, 0.717) is 12.2 Å². The van der Waals surface area contributed by atoms with Gasteiger partial charge in [0.2, 0.25) is 0 Å². The summed E-state index contributed by atoms with van der Waals surface area (Å²) in [5.74, 6) is 1.30. The molecule has 1 aliphatic carbocycles. The molecule has 0 radical (unpaired) electrons. The molecule has 21 heavy (non-hydrogen) atoms. The highest BCUT2D eigenvalue weighted by Gasteiger charge is 2.44. The lowest BCUT2D eigenvalue weighted by atomic mass is 9.87. The largest absolute Gasteiger partial charge is 0.335 e. The van der Waals surface area contributed by atoms with Crippen LogP contribution in [0, 0.1) is 0 Å². The predicted octanol–water partition coefficient (Wildman–Crippen LogP) is 3.06. The van der Waals surface area contributed by atoms with Crippen LogP contribution in [0.2, 0.25) is 0 Å². The lowest BCUT2D eigenvalue weighted by Gasteiger charge is -2.39. The molecular formula is C17H29N3O. The molecule has 0 unspecified atom stereocenters. The number of carbonyl (C=O) groups excluding carboxylic acids is 1. The zero-order chi connectivity index (χ0) is 15.3. The van der Waals surface area contributed by atoms with Crippen LogP contribution in [0.4, 0.5) is 0 Å². The van der Waals surface area contributed by atoms with Gasteiger partial charge in [-0.15, -0.1) is 0 Å². The molecule has 0 amide bonds. The molecule has 0 aromatic carbocycles. The predicted molar refractivity (Wildman–Crippen MR) is 85.3 cm³/mol. The molecule has 0 atom stereocenters. The van der Waals surface area contributed by atoms with Crippen molar-refractivity contribution in [2.75, 3.05) is 13.1 Å². The van der Waals surface area contributed by atoms with Gasteiger partial charge in [-0.1, -0.05) is 33.6 Å². The molecule has 1 saturated carbocycles. The number of imidazole rings is 1. The van der Waals surface area contributed by atoms with Crippen molar-refractivity contribution in [1.29, 1.82) is 0 Å². The minimum atomic E-state index is -0.230. The minimum Gasteiger partial charge on any atom is -0.335 e. The van der Waals surface area contributed by atoms with Crippen molar-refractivity contribution in [3.8, 4) is 0 Å². The van der Waals surface area contributed by atoms with E-state index in [9.17, 15) is 4.79 Å². The van der Waals surface area contributed by atoms with Gasteiger partial charge in [-0.3, -0.25) is 9.69 Å². The average Bonchev–Trinajstić information content (AvgIpc) is 3.12. The van der Waals surface area contributed by atoms with E-state index in [1.54, 1.807) is 0 Å². The Morgan fingerprint density at radius 2 is 1.95 bits per heavy atom. The molecule has 0 aliphatic heterocycles. The highest BCUT2D eigenvalue weighted by molar-refractivity contribution is 5.90. The van der Waals surface area contributed by atoms with Crippen molar-refractivity contribution >= 4 is 5.78 Å². The van der Waals surface area contributed by atoms with Gasteiger partial charge in [-0.05, 0) is 32.4 Å². The standard InChI is InChI=1S/C17H29N3O/c1-4-12-19-13-11-18-16(19)14-15(21)17(9-7-8-10-17)20(5-2)6-3/h11,13H,4-10,12,14H2,1-3H3. The Kier molecular flexibility index (Phi) is 5.57. The first-order valence-electron chi connectivity index (χ1n) is 8.46. The SMILES string of the molecule is CCCn1ccnc1CC(=O)C1(N(CC)CC)CCCC1. The molecule has 1 aliphatic rings. The molecule has 0 N–H and O–H groups in total. The molecule has 0 saturated heterocycles. The number of nitrogens with zero attached hydrogens (tertiary/aromatic N) is 3.